The first kappa shape index (κ1) is 24.6. The molecule has 1 unspecified atom stereocenters. The summed E-state index contributed by atoms with van der Waals surface area (Å²) in [5.74, 6) is -0.488. The Balaban J connectivity index is 1.62. The fraction of sp³-hybridized carbons (Fsp3) is 0.455. The number of rotatable bonds is 7. The third-order valence-corrected chi connectivity index (χ3v) is 10.5. The molecule has 11 heteroatoms. The number of thiazole rings is 1. The number of carbonyl (C=O) groups is 1. The topological polar surface area (TPSA) is 73.8 Å². The van der Waals surface area contributed by atoms with Gasteiger partial charge in [-0.3, -0.25) is 9.69 Å². The highest BCUT2D eigenvalue weighted by molar-refractivity contribution is 7.91. The number of hydrogen-bond donors (Lipinski definition) is 0. The molecule has 3 aromatic rings. The third-order valence-electron chi connectivity index (χ3n) is 5.83. The zero-order valence-electron chi connectivity index (χ0n) is 18.8. The van der Waals surface area contributed by atoms with Crippen LogP contribution in [-0.2, 0) is 14.8 Å². The van der Waals surface area contributed by atoms with E-state index in [1.54, 1.807) is 22.4 Å². The number of aryl methyl sites for hydroxylation is 1. The van der Waals surface area contributed by atoms with Gasteiger partial charge in [-0.05, 0) is 63.0 Å². The van der Waals surface area contributed by atoms with Crippen LogP contribution < -0.4 is 4.90 Å². The molecule has 178 valence electrons. The number of piperidine rings is 1. The van der Waals surface area contributed by atoms with E-state index in [-0.39, 0.29) is 12.5 Å². The van der Waals surface area contributed by atoms with Crippen molar-refractivity contribution in [3.8, 4) is 0 Å². The van der Waals surface area contributed by atoms with Crippen LogP contribution in [0.15, 0.2) is 33.9 Å². The van der Waals surface area contributed by atoms with Crippen LogP contribution in [0.4, 0.5) is 5.13 Å². The Kier molecular flexibility index (Phi) is 7.42. The number of anilines is 1. The van der Waals surface area contributed by atoms with Crippen LogP contribution in [0.1, 0.15) is 18.4 Å². The lowest BCUT2D eigenvalue weighted by molar-refractivity contribution is -0.123. The van der Waals surface area contributed by atoms with E-state index in [0.717, 1.165) is 15.8 Å². The summed E-state index contributed by atoms with van der Waals surface area (Å²) in [6, 6.07) is 7.12. The van der Waals surface area contributed by atoms with Crippen molar-refractivity contribution in [2.75, 3.05) is 45.2 Å². The van der Waals surface area contributed by atoms with Gasteiger partial charge in [0.05, 0.1) is 16.1 Å². The number of amides is 1. The Hall–Kier alpha value is -1.56. The second-order valence-electron chi connectivity index (χ2n) is 8.44. The molecule has 0 aliphatic carbocycles. The molecule has 1 aromatic carbocycles. The normalized spacial score (nSPS) is 17.7. The first-order chi connectivity index (χ1) is 15.7. The molecule has 1 aliphatic heterocycles. The van der Waals surface area contributed by atoms with Gasteiger partial charge < -0.3 is 4.90 Å². The molecular weight excluding hydrogens is 500 g/mol. The van der Waals surface area contributed by atoms with Crippen LogP contribution in [0.3, 0.4) is 0 Å². The van der Waals surface area contributed by atoms with Gasteiger partial charge in [-0.1, -0.05) is 29.0 Å². The van der Waals surface area contributed by atoms with Gasteiger partial charge >= 0.3 is 0 Å². The van der Waals surface area contributed by atoms with Crippen molar-refractivity contribution in [2.24, 2.45) is 5.92 Å². The molecule has 4 rings (SSSR count). The highest BCUT2D eigenvalue weighted by Crippen LogP contribution is 2.35. The van der Waals surface area contributed by atoms with E-state index in [2.05, 4.69) is 0 Å². The molecule has 7 nitrogen and oxygen atoms in total. The predicted molar refractivity (Wildman–Crippen MR) is 136 cm³/mol. The van der Waals surface area contributed by atoms with Crippen LogP contribution in [0, 0.1) is 12.8 Å². The van der Waals surface area contributed by atoms with Crippen molar-refractivity contribution in [3.63, 3.8) is 0 Å². The van der Waals surface area contributed by atoms with Gasteiger partial charge in [-0.25, -0.2) is 13.4 Å². The van der Waals surface area contributed by atoms with E-state index < -0.39 is 15.9 Å². The predicted octanol–water partition coefficient (Wildman–Crippen LogP) is 4.32. The summed E-state index contributed by atoms with van der Waals surface area (Å²) in [6.45, 7) is 3.69. The molecule has 0 N–H and O–H groups in total. The first-order valence-corrected chi connectivity index (χ1v) is 14.3. The summed E-state index contributed by atoms with van der Waals surface area (Å²) in [6.07, 6.45) is 1.31. The summed E-state index contributed by atoms with van der Waals surface area (Å²) in [5, 5.41) is 3.02. The number of nitrogens with zero attached hydrogens (tertiary/aromatic N) is 4. The maximum Gasteiger partial charge on any atom is 0.252 e. The molecule has 0 spiro atoms. The van der Waals surface area contributed by atoms with Gasteiger partial charge in [-0.15, -0.1) is 11.3 Å². The molecule has 1 amide bonds. The lowest BCUT2D eigenvalue weighted by atomic mass is 9.98. The molecule has 3 heterocycles. The number of thiophene rings is 1. The fourth-order valence-electron chi connectivity index (χ4n) is 3.92. The Morgan fingerprint density at radius 1 is 1.27 bits per heavy atom. The van der Waals surface area contributed by atoms with Crippen LogP contribution in [0.2, 0.25) is 5.02 Å². The molecule has 33 heavy (non-hydrogen) atoms. The minimum atomic E-state index is -3.59. The second kappa shape index (κ2) is 9.97. The van der Waals surface area contributed by atoms with Crippen LogP contribution >= 0.6 is 34.3 Å². The number of fused-ring (bicyclic) bond motifs is 1. The number of hydrogen-bond acceptors (Lipinski definition) is 7. The van der Waals surface area contributed by atoms with Gasteiger partial charge in [0.15, 0.2) is 5.13 Å². The average molecular weight is 527 g/mol. The smallest absolute Gasteiger partial charge is 0.252 e. The van der Waals surface area contributed by atoms with Crippen LogP contribution in [0.25, 0.3) is 10.2 Å². The Morgan fingerprint density at radius 3 is 2.76 bits per heavy atom. The van der Waals surface area contributed by atoms with Crippen molar-refractivity contribution >= 4 is 65.6 Å². The lowest BCUT2D eigenvalue weighted by Gasteiger charge is -2.33. The van der Waals surface area contributed by atoms with E-state index in [1.807, 2.05) is 38.1 Å². The summed E-state index contributed by atoms with van der Waals surface area (Å²) in [7, 11) is 0.332. The van der Waals surface area contributed by atoms with E-state index in [4.69, 9.17) is 16.6 Å². The van der Waals surface area contributed by atoms with E-state index in [9.17, 15) is 13.2 Å². The molecule has 1 fully saturated rings. The average Bonchev–Trinajstić information content (AvgIpc) is 3.47. The Morgan fingerprint density at radius 2 is 2.06 bits per heavy atom. The first-order valence-electron chi connectivity index (χ1n) is 10.7. The molecule has 0 saturated carbocycles. The number of halogens is 1. The van der Waals surface area contributed by atoms with Crippen molar-refractivity contribution < 1.29 is 13.2 Å². The van der Waals surface area contributed by atoms with Gasteiger partial charge in [-0.2, -0.15) is 4.31 Å². The zero-order chi connectivity index (χ0) is 23.8. The summed E-state index contributed by atoms with van der Waals surface area (Å²) in [5.41, 5.74) is 1.69. The quantitative estimate of drug-likeness (QED) is 0.458. The molecule has 1 aliphatic rings. The van der Waals surface area contributed by atoms with Gasteiger partial charge in [0, 0.05) is 31.2 Å². The van der Waals surface area contributed by atoms with Crippen molar-refractivity contribution in [1.29, 1.82) is 0 Å². The minimum Gasteiger partial charge on any atom is -0.308 e. The van der Waals surface area contributed by atoms with Crippen molar-refractivity contribution in [2.45, 2.75) is 24.0 Å². The van der Waals surface area contributed by atoms with Crippen molar-refractivity contribution in [3.05, 3.63) is 40.2 Å². The Labute approximate surface area is 207 Å². The molecule has 1 atom stereocenters. The summed E-state index contributed by atoms with van der Waals surface area (Å²) < 4.78 is 28.8. The molecule has 1 saturated heterocycles. The highest BCUT2D eigenvalue weighted by atomic mass is 35.5. The third kappa shape index (κ3) is 5.11. The summed E-state index contributed by atoms with van der Waals surface area (Å²) in [4.78, 5) is 22.2. The maximum atomic E-state index is 13.7. The van der Waals surface area contributed by atoms with Gasteiger partial charge in [0.25, 0.3) is 10.0 Å². The van der Waals surface area contributed by atoms with E-state index in [0.29, 0.717) is 46.8 Å². The standard InChI is InChI=1S/C22H27ClN4O3S3/c1-15-17(23)8-9-18-20(15)24-22(32-18)27(12-11-25(2)3)21(28)16-6-4-10-26(14-16)33(29,30)19-7-5-13-31-19/h5,7-9,13,16H,4,6,10-12,14H2,1-3H3. The van der Waals surface area contributed by atoms with E-state index >= 15 is 0 Å². The molecule has 0 radical (unpaired) electrons. The molecule has 0 bridgehead atoms. The number of benzene rings is 1. The van der Waals surface area contributed by atoms with Crippen LogP contribution in [0.5, 0.6) is 0 Å². The Bertz CT molecular complexity index is 1240. The zero-order valence-corrected chi connectivity index (χ0v) is 22.0. The van der Waals surface area contributed by atoms with Gasteiger partial charge in [0.1, 0.15) is 4.21 Å². The number of sulfonamides is 1. The van der Waals surface area contributed by atoms with Crippen molar-refractivity contribution in [1.82, 2.24) is 14.2 Å². The monoisotopic (exact) mass is 526 g/mol. The number of likely N-dealkylation sites (N-methyl/N-ethyl adjacent to an activating group) is 1. The summed E-state index contributed by atoms with van der Waals surface area (Å²) >= 11 is 8.95. The van der Waals surface area contributed by atoms with Gasteiger partial charge in [0.2, 0.25) is 5.91 Å². The van der Waals surface area contributed by atoms with Crippen LogP contribution in [-0.4, -0.2) is 68.8 Å². The largest absolute Gasteiger partial charge is 0.308 e. The van der Waals surface area contributed by atoms with E-state index in [1.165, 1.54) is 27.0 Å². The maximum absolute atomic E-state index is 13.7. The highest BCUT2D eigenvalue weighted by Gasteiger charge is 2.36. The molecular formula is C22H27ClN4O3S3. The number of aromatic nitrogens is 1. The fourth-order valence-corrected chi connectivity index (χ4v) is 7.80. The SMILES string of the molecule is Cc1c(Cl)ccc2sc(N(CCN(C)C)C(=O)C3CCCN(S(=O)(=O)c4cccs4)C3)nc12. The number of carbonyl (C=O) groups excluding carboxylic acids is 1. The lowest BCUT2D eigenvalue weighted by Crippen LogP contribution is -2.48. The minimum absolute atomic E-state index is 0.0780. The second-order valence-corrected chi connectivity index (χ2v) is 13.0. The molecule has 2 aromatic heterocycles.